The smallest absolute Gasteiger partial charge is 0.238 e. The minimum atomic E-state index is -0.356. The summed E-state index contributed by atoms with van der Waals surface area (Å²) in [6.07, 6.45) is 0.559. The molecule has 0 radical (unpaired) electrons. The Hall–Kier alpha value is -2.18. The van der Waals surface area contributed by atoms with Crippen LogP contribution in [0.25, 0.3) is 5.69 Å². The number of aliphatic hydroxyl groups is 1. The van der Waals surface area contributed by atoms with Gasteiger partial charge in [0.05, 0.1) is 35.4 Å². The first-order chi connectivity index (χ1) is 12.0. The van der Waals surface area contributed by atoms with Gasteiger partial charge in [-0.3, -0.25) is 9.69 Å². The lowest BCUT2D eigenvalue weighted by molar-refractivity contribution is -0.118. The molecule has 0 spiro atoms. The summed E-state index contributed by atoms with van der Waals surface area (Å²) in [5, 5.41) is 17.5. The van der Waals surface area contributed by atoms with E-state index >= 15 is 0 Å². The predicted molar refractivity (Wildman–Crippen MR) is 97.9 cm³/mol. The molecule has 6 nitrogen and oxygen atoms in total. The van der Waals surface area contributed by atoms with Gasteiger partial charge in [-0.05, 0) is 44.9 Å². The van der Waals surface area contributed by atoms with E-state index in [0.29, 0.717) is 19.0 Å². The first-order valence-electron chi connectivity index (χ1n) is 8.77. The van der Waals surface area contributed by atoms with Gasteiger partial charge in [-0.15, -0.1) is 0 Å². The number of carbonyl (C=O) groups excluding carboxylic acids is 1. The molecule has 2 N–H and O–H groups in total. The Balaban J connectivity index is 1.69. The lowest BCUT2D eigenvalue weighted by Gasteiger charge is -2.33. The molecule has 1 aromatic heterocycles. The van der Waals surface area contributed by atoms with Crippen LogP contribution in [0.3, 0.4) is 0 Å². The fraction of sp³-hybridized carbons (Fsp3) is 0.474. The van der Waals surface area contributed by atoms with Crippen molar-refractivity contribution in [3.63, 3.8) is 0 Å². The van der Waals surface area contributed by atoms with Crippen LogP contribution in [-0.2, 0) is 4.79 Å². The number of amides is 1. The molecule has 1 aliphatic rings. The van der Waals surface area contributed by atoms with Crippen molar-refractivity contribution < 1.29 is 9.90 Å². The van der Waals surface area contributed by atoms with Crippen LogP contribution in [0.4, 0.5) is 5.69 Å². The fourth-order valence-corrected chi connectivity index (χ4v) is 3.28. The molecule has 3 rings (SSSR count). The standard InChI is InChI=1S/C19H26N4O2/c1-13-9-10-22(11-17(13)24)12-18(25)20-19-14(2)21-23(15(19)3)16-7-5-4-6-8-16/h4-8,13,17,24H,9-12H2,1-3H3,(H,20,25). The van der Waals surface area contributed by atoms with Crippen molar-refractivity contribution >= 4 is 11.6 Å². The summed E-state index contributed by atoms with van der Waals surface area (Å²) >= 11 is 0. The van der Waals surface area contributed by atoms with E-state index in [1.54, 1.807) is 0 Å². The van der Waals surface area contributed by atoms with E-state index in [-0.39, 0.29) is 12.0 Å². The number of rotatable bonds is 4. The number of β-amino-alcohol motifs (C(OH)–C–C–N with tert-alkyl or cyclic N) is 1. The highest BCUT2D eigenvalue weighted by Crippen LogP contribution is 2.23. The van der Waals surface area contributed by atoms with E-state index in [0.717, 1.165) is 35.7 Å². The number of para-hydroxylation sites is 1. The first-order valence-corrected chi connectivity index (χ1v) is 8.77. The molecule has 0 bridgehead atoms. The molecule has 1 saturated heterocycles. The van der Waals surface area contributed by atoms with Crippen molar-refractivity contribution in [1.82, 2.24) is 14.7 Å². The van der Waals surface area contributed by atoms with Gasteiger partial charge in [-0.1, -0.05) is 25.1 Å². The molecular formula is C19H26N4O2. The Morgan fingerprint density at radius 3 is 2.72 bits per heavy atom. The van der Waals surface area contributed by atoms with Gasteiger partial charge in [0.2, 0.25) is 5.91 Å². The third-order valence-corrected chi connectivity index (χ3v) is 4.93. The highest BCUT2D eigenvalue weighted by Gasteiger charge is 2.26. The molecule has 2 aromatic rings. The molecule has 2 heterocycles. The summed E-state index contributed by atoms with van der Waals surface area (Å²) in [6.45, 7) is 7.58. The second-order valence-electron chi connectivity index (χ2n) is 6.91. The number of hydrogen-bond acceptors (Lipinski definition) is 4. The minimum Gasteiger partial charge on any atom is -0.392 e. The van der Waals surface area contributed by atoms with Crippen LogP contribution in [0.15, 0.2) is 30.3 Å². The van der Waals surface area contributed by atoms with Gasteiger partial charge in [-0.25, -0.2) is 4.68 Å². The van der Waals surface area contributed by atoms with Gasteiger partial charge in [0.15, 0.2) is 0 Å². The van der Waals surface area contributed by atoms with Crippen LogP contribution in [-0.4, -0.2) is 51.4 Å². The van der Waals surface area contributed by atoms with Crippen LogP contribution in [0.1, 0.15) is 24.7 Å². The van der Waals surface area contributed by atoms with E-state index in [1.165, 1.54) is 0 Å². The molecule has 0 saturated carbocycles. The van der Waals surface area contributed by atoms with E-state index in [4.69, 9.17) is 0 Å². The number of aromatic nitrogens is 2. The Kier molecular flexibility index (Phi) is 5.20. The molecule has 2 atom stereocenters. The Bertz CT molecular complexity index is 741. The molecule has 2 unspecified atom stereocenters. The quantitative estimate of drug-likeness (QED) is 0.893. The maximum absolute atomic E-state index is 12.4. The van der Waals surface area contributed by atoms with Crippen LogP contribution in [0, 0.1) is 19.8 Å². The van der Waals surface area contributed by atoms with Gasteiger partial charge in [0.1, 0.15) is 0 Å². The average Bonchev–Trinajstić information content (AvgIpc) is 2.87. The number of benzene rings is 1. The van der Waals surface area contributed by atoms with Gasteiger partial charge in [-0.2, -0.15) is 5.10 Å². The maximum atomic E-state index is 12.4. The maximum Gasteiger partial charge on any atom is 0.238 e. The second kappa shape index (κ2) is 7.37. The number of piperidine rings is 1. The van der Waals surface area contributed by atoms with E-state index in [2.05, 4.69) is 10.4 Å². The molecule has 6 heteroatoms. The zero-order valence-corrected chi connectivity index (χ0v) is 15.1. The molecular weight excluding hydrogens is 316 g/mol. The first kappa shape index (κ1) is 17.6. The zero-order valence-electron chi connectivity index (χ0n) is 15.1. The number of likely N-dealkylation sites (tertiary alicyclic amines) is 1. The van der Waals surface area contributed by atoms with Crippen molar-refractivity contribution in [2.45, 2.75) is 33.3 Å². The molecule has 134 valence electrons. The summed E-state index contributed by atoms with van der Waals surface area (Å²) in [4.78, 5) is 14.5. The monoisotopic (exact) mass is 342 g/mol. The highest BCUT2D eigenvalue weighted by molar-refractivity contribution is 5.93. The summed E-state index contributed by atoms with van der Waals surface area (Å²) in [6, 6.07) is 9.87. The van der Waals surface area contributed by atoms with Crippen LogP contribution in [0.2, 0.25) is 0 Å². The number of nitrogens with one attached hydrogen (secondary N) is 1. The van der Waals surface area contributed by atoms with Gasteiger partial charge in [0.25, 0.3) is 0 Å². The fourth-order valence-electron chi connectivity index (χ4n) is 3.28. The van der Waals surface area contributed by atoms with Crippen molar-refractivity contribution in [3.8, 4) is 5.69 Å². The molecule has 1 fully saturated rings. The lowest BCUT2D eigenvalue weighted by atomic mass is 9.96. The van der Waals surface area contributed by atoms with Crippen molar-refractivity contribution in [2.75, 3.05) is 25.0 Å². The van der Waals surface area contributed by atoms with E-state index < -0.39 is 0 Å². The molecule has 25 heavy (non-hydrogen) atoms. The number of aryl methyl sites for hydroxylation is 1. The Labute approximate surface area is 148 Å². The van der Waals surface area contributed by atoms with Gasteiger partial charge >= 0.3 is 0 Å². The number of nitrogens with zero attached hydrogens (tertiary/aromatic N) is 3. The van der Waals surface area contributed by atoms with Crippen LogP contribution < -0.4 is 5.32 Å². The van der Waals surface area contributed by atoms with Crippen LogP contribution >= 0.6 is 0 Å². The van der Waals surface area contributed by atoms with E-state index in [1.807, 2.05) is 60.7 Å². The highest BCUT2D eigenvalue weighted by atomic mass is 16.3. The summed E-state index contributed by atoms with van der Waals surface area (Å²) in [7, 11) is 0. The van der Waals surface area contributed by atoms with Crippen LogP contribution in [0.5, 0.6) is 0 Å². The SMILES string of the molecule is Cc1nn(-c2ccccc2)c(C)c1NC(=O)CN1CCC(C)C(O)C1. The predicted octanol–water partition coefficient (Wildman–Crippen LogP) is 2.13. The summed E-state index contributed by atoms with van der Waals surface area (Å²) in [5.41, 5.74) is 3.43. The minimum absolute atomic E-state index is 0.0689. The van der Waals surface area contributed by atoms with E-state index in [9.17, 15) is 9.90 Å². The molecule has 1 aromatic carbocycles. The molecule has 1 aliphatic heterocycles. The number of anilines is 1. The number of aliphatic hydroxyl groups excluding tert-OH is 1. The van der Waals surface area contributed by atoms with Crippen molar-refractivity contribution in [1.29, 1.82) is 0 Å². The summed E-state index contributed by atoms with van der Waals surface area (Å²) in [5.74, 6) is 0.230. The van der Waals surface area contributed by atoms with Gasteiger partial charge < -0.3 is 10.4 Å². The third kappa shape index (κ3) is 3.91. The summed E-state index contributed by atoms with van der Waals surface area (Å²) < 4.78 is 1.84. The molecule has 1 amide bonds. The Morgan fingerprint density at radius 1 is 1.32 bits per heavy atom. The van der Waals surface area contributed by atoms with Crippen molar-refractivity contribution in [3.05, 3.63) is 41.7 Å². The van der Waals surface area contributed by atoms with Crippen molar-refractivity contribution in [2.24, 2.45) is 5.92 Å². The average molecular weight is 342 g/mol. The Morgan fingerprint density at radius 2 is 2.04 bits per heavy atom. The molecule has 0 aliphatic carbocycles. The number of carbonyl (C=O) groups is 1. The second-order valence-corrected chi connectivity index (χ2v) is 6.91. The zero-order chi connectivity index (χ0) is 18.0. The van der Waals surface area contributed by atoms with Gasteiger partial charge in [0, 0.05) is 6.54 Å². The lowest BCUT2D eigenvalue weighted by Crippen LogP contribution is -2.45. The topological polar surface area (TPSA) is 70.4 Å². The number of hydrogen-bond donors (Lipinski definition) is 2. The normalized spacial score (nSPS) is 21.3. The third-order valence-electron chi connectivity index (χ3n) is 4.93. The largest absolute Gasteiger partial charge is 0.392 e.